The number of hydrogen-bond donors (Lipinski definition) is 1. The van der Waals surface area contributed by atoms with E-state index in [0.29, 0.717) is 25.4 Å². The van der Waals surface area contributed by atoms with Crippen molar-refractivity contribution in [2.75, 3.05) is 18.0 Å². The molecule has 21 heavy (non-hydrogen) atoms. The minimum atomic E-state index is 0.141. The van der Waals surface area contributed by atoms with Crippen molar-refractivity contribution in [2.45, 2.75) is 47.5 Å². The maximum atomic E-state index is 12.7. The smallest absolute Gasteiger partial charge is 0.227 e. The standard InChI is InChI=1S/C18H30N2O/c1-14-7-9-16(10-8-14)20(12-6-11-19)17(21)13-15(2)18(3,4)5/h7-10,15H,6,11-13,19H2,1-5H3. The molecule has 0 aliphatic rings. The third kappa shape index (κ3) is 5.50. The molecule has 2 N–H and O–H groups in total. The zero-order valence-corrected chi connectivity index (χ0v) is 14.1. The van der Waals surface area contributed by atoms with Crippen LogP contribution in [0.3, 0.4) is 0 Å². The summed E-state index contributed by atoms with van der Waals surface area (Å²) in [5.41, 5.74) is 7.93. The van der Waals surface area contributed by atoms with Crippen LogP contribution in [0.4, 0.5) is 5.69 Å². The Morgan fingerprint density at radius 3 is 2.29 bits per heavy atom. The first-order chi connectivity index (χ1) is 9.75. The molecule has 1 aromatic carbocycles. The fourth-order valence-electron chi connectivity index (χ4n) is 2.05. The van der Waals surface area contributed by atoms with Gasteiger partial charge in [-0.05, 0) is 43.4 Å². The zero-order chi connectivity index (χ0) is 16.0. The van der Waals surface area contributed by atoms with E-state index in [4.69, 9.17) is 5.73 Å². The monoisotopic (exact) mass is 290 g/mol. The molecular weight excluding hydrogens is 260 g/mol. The summed E-state index contributed by atoms with van der Waals surface area (Å²) in [5, 5.41) is 0. The minimum absolute atomic E-state index is 0.141. The van der Waals surface area contributed by atoms with Gasteiger partial charge < -0.3 is 10.6 Å². The summed E-state index contributed by atoms with van der Waals surface area (Å²) in [4.78, 5) is 14.6. The highest BCUT2D eigenvalue weighted by atomic mass is 16.2. The average Bonchev–Trinajstić information content (AvgIpc) is 2.40. The summed E-state index contributed by atoms with van der Waals surface area (Å²) in [6.45, 7) is 12.0. The molecule has 1 amide bonds. The van der Waals surface area contributed by atoms with Crippen LogP contribution in [0.5, 0.6) is 0 Å². The van der Waals surface area contributed by atoms with E-state index in [9.17, 15) is 4.79 Å². The molecule has 118 valence electrons. The van der Waals surface area contributed by atoms with Gasteiger partial charge in [0.1, 0.15) is 0 Å². The predicted molar refractivity (Wildman–Crippen MR) is 90.4 cm³/mol. The van der Waals surface area contributed by atoms with Crippen LogP contribution in [0, 0.1) is 18.3 Å². The third-order valence-corrected chi connectivity index (χ3v) is 4.19. The molecule has 1 rings (SSSR count). The molecule has 3 nitrogen and oxygen atoms in total. The van der Waals surface area contributed by atoms with E-state index < -0.39 is 0 Å². The number of nitrogens with zero attached hydrogens (tertiary/aromatic N) is 1. The lowest BCUT2D eigenvalue weighted by Crippen LogP contribution is -2.35. The molecule has 0 saturated heterocycles. The van der Waals surface area contributed by atoms with E-state index in [1.54, 1.807) is 0 Å². The maximum Gasteiger partial charge on any atom is 0.227 e. The largest absolute Gasteiger partial charge is 0.330 e. The van der Waals surface area contributed by atoms with Gasteiger partial charge in [0.15, 0.2) is 0 Å². The molecule has 1 aromatic rings. The van der Waals surface area contributed by atoms with Crippen molar-refractivity contribution >= 4 is 11.6 Å². The Balaban J connectivity index is 2.86. The topological polar surface area (TPSA) is 46.3 Å². The molecule has 0 heterocycles. The minimum Gasteiger partial charge on any atom is -0.330 e. The lowest BCUT2D eigenvalue weighted by atomic mass is 9.80. The number of hydrogen-bond acceptors (Lipinski definition) is 2. The Bertz CT molecular complexity index is 445. The van der Waals surface area contributed by atoms with Gasteiger partial charge in [-0.1, -0.05) is 45.4 Å². The number of amides is 1. The average molecular weight is 290 g/mol. The van der Waals surface area contributed by atoms with Gasteiger partial charge in [-0.3, -0.25) is 4.79 Å². The molecule has 0 spiro atoms. The number of aryl methyl sites for hydroxylation is 1. The molecule has 0 aromatic heterocycles. The maximum absolute atomic E-state index is 12.7. The van der Waals surface area contributed by atoms with E-state index >= 15 is 0 Å². The first-order valence-corrected chi connectivity index (χ1v) is 7.83. The number of rotatable bonds is 6. The first-order valence-electron chi connectivity index (χ1n) is 7.83. The summed E-state index contributed by atoms with van der Waals surface area (Å²) in [6, 6.07) is 8.13. The van der Waals surface area contributed by atoms with Gasteiger partial charge in [-0.2, -0.15) is 0 Å². The van der Waals surface area contributed by atoms with Crippen molar-refractivity contribution < 1.29 is 4.79 Å². The van der Waals surface area contributed by atoms with Crippen molar-refractivity contribution in [1.82, 2.24) is 0 Å². The van der Waals surface area contributed by atoms with Crippen LogP contribution < -0.4 is 10.6 Å². The van der Waals surface area contributed by atoms with E-state index in [0.717, 1.165) is 12.1 Å². The summed E-state index contributed by atoms with van der Waals surface area (Å²) in [7, 11) is 0. The fourth-order valence-corrected chi connectivity index (χ4v) is 2.05. The quantitative estimate of drug-likeness (QED) is 0.867. The number of benzene rings is 1. The summed E-state index contributed by atoms with van der Waals surface area (Å²) in [6.07, 6.45) is 1.39. The van der Waals surface area contributed by atoms with Gasteiger partial charge in [0.2, 0.25) is 5.91 Å². The summed E-state index contributed by atoms with van der Waals surface area (Å²) < 4.78 is 0. The van der Waals surface area contributed by atoms with Crippen LogP contribution >= 0.6 is 0 Å². The normalized spacial score (nSPS) is 13.0. The molecule has 0 bridgehead atoms. The van der Waals surface area contributed by atoms with Crippen molar-refractivity contribution in [2.24, 2.45) is 17.1 Å². The number of nitrogens with two attached hydrogens (primary N) is 1. The Kier molecular flexibility index (Phi) is 6.41. The second kappa shape index (κ2) is 7.60. The highest BCUT2D eigenvalue weighted by Crippen LogP contribution is 2.29. The predicted octanol–water partition coefficient (Wildman–Crippen LogP) is 3.75. The van der Waals surface area contributed by atoms with Gasteiger partial charge in [0, 0.05) is 18.7 Å². The Hall–Kier alpha value is -1.35. The molecule has 1 unspecified atom stereocenters. The number of carbonyl (C=O) groups is 1. The second-order valence-corrected chi connectivity index (χ2v) is 6.99. The lowest BCUT2D eigenvalue weighted by Gasteiger charge is -2.30. The molecule has 3 heteroatoms. The van der Waals surface area contributed by atoms with E-state index in [1.165, 1.54) is 5.56 Å². The SMILES string of the molecule is Cc1ccc(N(CCCN)C(=O)CC(C)C(C)(C)C)cc1. The molecule has 1 atom stereocenters. The van der Waals surface area contributed by atoms with Gasteiger partial charge in [-0.25, -0.2) is 0 Å². The van der Waals surface area contributed by atoms with Gasteiger partial charge in [-0.15, -0.1) is 0 Å². The van der Waals surface area contributed by atoms with Gasteiger partial charge >= 0.3 is 0 Å². The molecule has 0 aliphatic heterocycles. The molecule has 0 aliphatic carbocycles. The van der Waals surface area contributed by atoms with Crippen LogP contribution in [-0.4, -0.2) is 19.0 Å². The summed E-state index contributed by atoms with van der Waals surface area (Å²) >= 11 is 0. The lowest BCUT2D eigenvalue weighted by molar-refractivity contribution is -0.120. The fraction of sp³-hybridized carbons (Fsp3) is 0.611. The van der Waals surface area contributed by atoms with Crippen molar-refractivity contribution in [3.8, 4) is 0 Å². The van der Waals surface area contributed by atoms with Crippen LogP contribution in [0.1, 0.15) is 46.1 Å². The second-order valence-electron chi connectivity index (χ2n) is 6.99. The summed E-state index contributed by atoms with van der Waals surface area (Å²) in [5.74, 6) is 0.533. The van der Waals surface area contributed by atoms with Crippen LogP contribution in [0.15, 0.2) is 24.3 Å². The van der Waals surface area contributed by atoms with Crippen LogP contribution in [0.25, 0.3) is 0 Å². The molecular formula is C18H30N2O. The molecule has 0 radical (unpaired) electrons. The van der Waals surface area contributed by atoms with E-state index in [1.807, 2.05) is 29.2 Å². The van der Waals surface area contributed by atoms with E-state index in [2.05, 4.69) is 34.6 Å². The Labute approximate surface area is 129 Å². The van der Waals surface area contributed by atoms with Crippen molar-refractivity contribution in [3.05, 3.63) is 29.8 Å². The first kappa shape index (κ1) is 17.7. The number of carbonyl (C=O) groups excluding carboxylic acids is 1. The zero-order valence-electron chi connectivity index (χ0n) is 14.1. The van der Waals surface area contributed by atoms with Gasteiger partial charge in [0.25, 0.3) is 0 Å². The Morgan fingerprint density at radius 1 is 1.24 bits per heavy atom. The highest BCUT2D eigenvalue weighted by Gasteiger charge is 2.25. The molecule has 0 fully saturated rings. The molecule has 0 saturated carbocycles. The van der Waals surface area contributed by atoms with Crippen LogP contribution in [-0.2, 0) is 4.79 Å². The van der Waals surface area contributed by atoms with E-state index in [-0.39, 0.29) is 11.3 Å². The van der Waals surface area contributed by atoms with Crippen molar-refractivity contribution in [1.29, 1.82) is 0 Å². The Morgan fingerprint density at radius 2 is 1.81 bits per heavy atom. The van der Waals surface area contributed by atoms with Crippen LogP contribution in [0.2, 0.25) is 0 Å². The third-order valence-electron chi connectivity index (χ3n) is 4.19. The highest BCUT2D eigenvalue weighted by molar-refractivity contribution is 5.93. The number of anilines is 1. The van der Waals surface area contributed by atoms with Gasteiger partial charge in [0.05, 0.1) is 0 Å². The van der Waals surface area contributed by atoms with Crippen molar-refractivity contribution in [3.63, 3.8) is 0 Å².